The van der Waals surface area contributed by atoms with E-state index in [2.05, 4.69) is 52.2 Å². The van der Waals surface area contributed by atoms with Crippen molar-refractivity contribution >= 4 is 65.2 Å². The normalized spacial score (nSPS) is 14.3. The molecule has 8 atom stereocenters. The van der Waals surface area contributed by atoms with Crippen LogP contribution >= 0.6 is 0 Å². The summed E-state index contributed by atoms with van der Waals surface area (Å²) < 4.78 is 0. The lowest BCUT2D eigenvalue weighted by molar-refractivity contribution is -0.143. The fourth-order valence-electron chi connectivity index (χ4n) is 6.11. The zero-order chi connectivity index (χ0) is 52.7. The number of hydrogen-bond acceptors (Lipinski definition) is 16. The number of aliphatic carboxylic acids is 2. The molecule has 0 unspecified atom stereocenters. The second-order valence-electron chi connectivity index (χ2n) is 16.1. The van der Waals surface area contributed by atoms with Gasteiger partial charge in [0.25, 0.3) is 0 Å². The van der Waals surface area contributed by atoms with E-state index in [0.717, 1.165) is 6.92 Å². The molecule has 386 valence electrons. The first-order valence-electron chi connectivity index (χ1n) is 21.6. The molecule has 29 heteroatoms. The number of rotatable bonds is 30. The fraction of sp³-hybridized carbons (Fsp3) is 0.512. The van der Waals surface area contributed by atoms with Crippen LogP contribution in [0.4, 0.5) is 0 Å². The van der Waals surface area contributed by atoms with Crippen LogP contribution in [0.25, 0.3) is 0 Å². The number of aromatic amines is 1. The molecule has 20 N–H and O–H groups in total. The van der Waals surface area contributed by atoms with Gasteiger partial charge >= 0.3 is 11.9 Å². The number of phenolic OH excluding ortho intramolecular Hbond substituents is 1. The number of hydrogen-bond donors (Lipinski definition) is 17. The van der Waals surface area contributed by atoms with Crippen LogP contribution in [0.15, 0.2) is 41.8 Å². The molecule has 0 fully saturated rings. The maximum atomic E-state index is 13.9. The number of H-pyrrole nitrogens is 1. The highest BCUT2D eigenvalue weighted by Crippen LogP contribution is 2.12. The number of aromatic nitrogens is 2. The summed E-state index contributed by atoms with van der Waals surface area (Å²) >= 11 is 0. The van der Waals surface area contributed by atoms with Gasteiger partial charge in [-0.05, 0) is 43.4 Å². The molecule has 0 aliphatic rings. The van der Waals surface area contributed by atoms with Gasteiger partial charge in [-0.1, -0.05) is 26.0 Å². The first-order valence-corrected chi connectivity index (χ1v) is 21.6. The van der Waals surface area contributed by atoms with Crippen molar-refractivity contribution in [2.45, 2.75) is 101 Å². The number of carbonyl (C=O) groups is 10. The number of aliphatic hydroxyl groups is 2. The van der Waals surface area contributed by atoms with Gasteiger partial charge in [0.2, 0.25) is 47.3 Å². The Morgan fingerprint density at radius 3 is 1.74 bits per heavy atom. The summed E-state index contributed by atoms with van der Waals surface area (Å²) in [5, 5.41) is 66.7. The number of carbonyl (C=O) groups excluding carboxylic acids is 8. The third-order valence-electron chi connectivity index (χ3n) is 9.99. The molecular weight excluding hydrogens is 929 g/mol. The molecule has 8 amide bonds. The van der Waals surface area contributed by atoms with Crippen molar-refractivity contribution < 1.29 is 73.5 Å². The predicted octanol–water partition coefficient (Wildman–Crippen LogP) is -6.99. The molecule has 1 aromatic carbocycles. The second-order valence-corrected chi connectivity index (χ2v) is 16.1. The monoisotopic (exact) mass is 990 g/mol. The Bertz CT molecular complexity index is 2150. The van der Waals surface area contributed by atoms with Crippen LogP contribution < -0.4 is 59.7 Å². The highest BCUT2D eigenvalue weighted by Gasteiger charge is 2.35. The molecule has 0 aliphatic carbocycles. The van der Waals surface area contributed by atoms with Crippen molar-refractivity contribution in [3.8, 4) is 5.75 Å². The molecule has 0 bridgehead atoms. The molecule has 0 saturated carbocycles. The van der Waals surface area contributed by atoms with Gasteiger partial charge in [-0.25, -0.2) is 4.98 Å². The Kier molecular flexibility index (Phi) is 24.2. The van der Waals surface area contributed by atoms with Crippen LogP contribution in [-0.2, 0) is 60.8 Å². The predicted molar refractivity (Wildman–Crippen MR) is 243 cm³/mol. The maximum Gasteiger partial charge on any atom is 0.325 e. The van der Waals surface area contributed by atoms with Crippen molar-refractivity contribution in [1.82, 2.24) is 52.5 Å². The molecule has 70 heavy (non-hydrogen) atoms. The number of carboxylic acid groups (broad SMARTS) is 2. The van der Waals surface area contributed by atoms with Gasteiger partial charge in [0, 0.05) is 31.3 Å². The van der Waals surface area contributed by atoms with Crippen LogP contribution in [0, 0.1) is 5.92 Å². The highest BCUT2D eigenvalue weighted by molar-refractivity contribution is 5.98. The van der Waals surface area contributed by atoms with Crippen LogP contribution in [0.2, 0.25) is 0 Å². The lowest BCUT2D eigenvalue weighted by Crippen LogP contribution is -2.62. The van der Waals surface area contributed by atoms with Crippen molar-refractivity contribution in [3.63, 3.8) is 0 Å². The minimum atomic E-state index is -1.84. The third kappa shape index (κ3) is 20.5. The SMILES string of the molecule is CC(C)[C@H](NC(=O)[C@H](Cc1cnc[nH]1)NC(=O)[C@H](CO)NC(=O)[C@H](Cc1ccc(O)cc1)NC(=O)CNC(=O)[C@@H](N)CCCN=C(N)N)C(=O)N[C@@H](CO)C(=O)N[C@@H](CC(=O)O)C(=O)N[C@@H](C)C(=O)O. The summed E-state index contributed by atoms with van der Waals surface area (Å²) in [6, 6.07) is -6.93. The van der Waals surface area contributed by atoms with E-state index in [1.54, 1.807) is 0 Å². The smallest absolute Gasteiger partial charge is 0.325 e. The molecule has 1 aromatic heterocycles. The molecule has 0 saturated heterocycles. The zero-order valence-electron chi connectivity index (χ0n) is 38.5. The molecule has 2 rings (SSSR count). The summed E-state index contributed by atoms with van der Waals surface area (Å²) in [6.45, 7) is 1.52. The number of phenols is 1. The number of nitrogens with one attached hydrogen (secondary N) is 9. The second kappa shape index (κ2) is 29.1. The van der Waals surface area contributed by atoms with Gasteiger partial charge in [-0.15, -0.1) is 0 Å². The van der Waals surface area contributed by atoms with E-state index < -0.39 is 140 Å². The van der Waals surface area contributed by atoms with Gasteiger partial charge in [-0.2, -0.15) is 0 Å². The number of carboxylic acids is 2. The molecule has 0 radical (unpaired) electrons. The number of aliphatic imine (C=N–C) groups is 1. The molecule has 0 spiro atoms. The largest absolute Gasteiger partial charge is 0.508 e. The Hall–Kier alpha value is -7.92. The van der Waals surface area contributed by atoms with Crippen LogP contribution in [0.5, 0.6) is 5.75 Å². The number of aliphatic hydroxyl groups excluding tert-OH is 2. The Morgan fingerprint density at radius 2 is 1.21 bits per heavy atom. The van der Waals surface area contributed by atoms with E-state index in [1.807, 2.05) is 5.32 Å². The van der Waals surface area contributed by atoms with E-state index in [0.29, 0.717) is 17.7 Å². The number of imidazole rings is 1. The van der Waals surface area contributed by atoms with Crippen LogP contribution in [0.3, 0.4) is 0 Å². The van der Waals surface area contributed by atoms with Crippen LogP contribution in [0.1, 0.15) is 51.3 Å². The van der Waals surface area contributed by atoms with Gasteiger partial charge in [0.1, 0.15) is 48.0 Å². The van der Waals surface area contributed by atoms with Crippen molar-refractivity contribution in [2.24, 2.45) is 28.1 Å². The van der Waals surface area contributed by atoms with Gasteiger partial charge in [0.05, 0.1) is 38.5 Å². The minimum absolute atomic E-state index is 0.101. The topological polar surface area (TPSA) is 487 Å². The Morgan fingerprint density at radius 1 is 0.686 bits per heavy atom. The maximum absolute atomic E-state index is 13.9. The summed E-state index contributed by atoms with van der Waals surface area (Å²) in [7, 11) is 0. The third-order valence-corrected chi connectivity index (χ3v) is 9.99. The first kappa shape index (κ1) is 58.2. The summed E-state index contributed by atoms with van der Waals surface area (Å²) in [5.74, 6) is -12.2. The molecule has 1 heterocycles. The van der Waals surface area contributed by atoms with E-state index >= 15 is 0 Å². The van der Waals surface area contributed by atoms with E-state index in [9.17, 15) is 68.4 Å². The number of nitrogens with two attached hydrogens (primary N) is 3. The lowest BCUT2D eigenvalue weighted by atomic mass is 10.0. The quantitative estimate of drug-likeness (QED) is 0.0196. The van der Waals surface area contributed by atoms with E-state index in [-0.39, 0.29) is 37.5 Å². The number of nitrogens with zero attached hydrogens (tertiary/aromatic N) is 2. The minimum Gasteiger partial charge on any atom is -0.508 e. The zero-order valence-corrected chi connectivity index (χ0v) is 38.5. The van der Waals surface area contributed by atoms with E-state index in [4.69, 9.17) is 22.3 Å². The Balaban J connectivity index is 2.26. The lowest BCUT2D eigenvalue weighted by Gasteiger charge is -2.28. The summed E-state index contributed by atoms with van der Waals surface area (Å²) in [4.78, 5) is 139. The summed E-state index contributed by atoms with van der Waals surface area (Å²) in [6.07, 6.45) is 1.58. The average Bonchev–Trinajstić information content (AvgIpc) is 3.82. The number of aromatic hydroxyl groups is 1. The highest BCUT2D eigenvalue weighted by atomic mass is 16.4. The fourth-order valence-corrected chi connectivity index (χ4v) is 6.11. The molecule has 0 aliphatic heterocycles. The van der Waals surface area contributed by atoms with Crippen LogP contribution in [-0.4, -0.2) is 175 Å². The molecule has 29 nitrogen and oxygen atoms in total. The summed E-state index contributed by atoms with van der Waals surface area (Å²) in [5.41, 5.74) is 17.2. The van der Waals surface area contributed by atoms with Gasteiger partial charge in [-0.3, -0.25) is 52.9 Å². The number of guanidine groups is 1. The van der Waals surface area contributed by atoms with Gasteiger partial charge in [0.15, 0.2) is 5.96 Å². The molecular formula is C41H62N14O15. The van der Waals surface area contributed by atoms with Crippen molar-refractivity contribution in [3.05, 3.63) is 48.0 Å². The number of benzene rings is 1. The van der Waals surface area contributed by atoms with E-state index in [1.165, 1.54) is 50.6 Å². The standard InChI is InChI=1S/C41H62N14O15/c1-19(2)32(39(68)54-29(17-57)38(67)52-27(13-31(60)61)34(63)49-20(3)40(69)70)55-36(65)26(12-22-14-45-18-48-22)51-37(66)28(16-56)53-35(64)25(11-21-6-8-23(58)9-7-21)50-30(59)15-47-33(62)24(42)5-4-10-46-41(43)44/h6-9,14,18-20,24-29,32,56-58H,4-5,10-13,15-17,42H2,1-3H3,(H,45,48)(H,47,62)(H,49,63)(H,50,59)(H,51,66)(H,52,67)(H,53,64)(H,54,68)(H,55,65)(H,60,61)(H,69,70)(H4,43,44,46)/t20-,24-,25-,26-,27-,28-,29-,32-/m0/s1. The van der Waals surface area contributed by atoms with Crippen molar-refractivity contribution in [1.29, 1.82) is 0 Å². The van der Waals surface area contributed by atoms with Gasteiger partial charge < -0.3 is 90.3 Å². The Labute approximate surface area is 399 Å². The van der Waals surface area contributed by atoms with Crippen molar-refractivity contribution in [2.75, 3.05) is 26.3 Å². The first-order chi connectivity index (χ1) is 32.9. The average molecular weight is 991 g/mol. The molecule has 2 aromatic rings. The number of amides is 8.